The topological polar surface area (TPSA) is 57.6 Å². The van der Waals surface area contributed by atoms with Gasteiger partial charge in [0.05, 0.1) is 20.0 Å². The summed E-state index contributed by atoms with van der Waals surface area (Å²) >= 11 is 0. The van der Waals surface area contributed by atoms with Crippen molar-refractivity contribution in [3.05, 3.63) is 54.0 Å². The molecule has 0 saturated heterocycles. The summed E-state index contributed by atoms with van der Waals surface area (Å²) in [6, 6.07) is 11.3. The van der Waals surface area contributed by atoms with Gasteiger partial charge in [0, 0.05) is 6.04 Å². The number of furan rings is 1. The monoisotopic (exact) mass is 261 g/mol. The van der Waals surface area contributed by atoms with E-state index in [0.29, 0.717) is 6.61 Å². The van der Waals surface area contributed by atoms with Gasteiger partial charge in [-0.1, -0.05) is 12.1 Å². The lowest BCUT2D eigenvalue weighted by Gasteiger charge is -2.19. The van der Waals surface area contributed by atoms with E-state index in [1.165, 1.54) is 0 Å². The molecule has 0 aliphatic carbocycles. The van der Waals surface area contributed by atoms with Crippen molar-refractivity contribution < 1.29 is 13.9 Å². The van der Waals surface area contributed by atoms with E-state index >= 15 is 0 Å². The molecule has 0 aliphatic heterocycles. The van der Waals surface area contributed by atoms with Crippen LogP contribution in [0.5, 0.6) is 5.75 Å². The third-order valence-electron chi connectivity index (χ3n) is 2.89. The van der Waals surface area contributed by atoms with Crippen LogP contribution in [0, 0.1) is 0 Å². The summed E-state index contributed by atoms with van der Waals surface area (Å²) in [7, 11) is 1.65. The fraction of sp³-hybridized carbons (Fsp3) is 0.333. The van der Waals surface area contributed by atoms with E-state index in [9.17, 15) is 0 Å². The Morgan fingerprint density at radius 3 is 2.47 bits per heavy atom. The molecule has 0 aliphatic rings. The van der Waals surface area contributed by atoms with Crippen molar-refractivity contribution in [3.63, 3.8) is 0 Å². The van der Waals surface area contributed by atoms with Crippen molar-refractivity contribution in [3.8, 4) is 5.75 Å². The van der Waals surface area contributed by atoms with E-state index in [4.69, 9.17) is 19.6 Å². The number of nitrogens with two attached hydrogens (primary N) is 1. The summed E-state index contributed by atoms with van der Waals surface area (Å²) in [6.07, 6.45) is 1.39. The molecular weight excluding hydrogens is 242 g/mol. The third-order valence-corrected chi connectivity index (χ3v) is 2.89. The highest BCUT2D eigenvalue weighted by atomic mass is 16.5. The van der Waals surface area contributed by atoms with Crippen LogP contribution < -0.4 is 10.5 Å². The van der Waals surface area contributed by atoms with Gasteiger partial charge >= 0.3 is 0 Å². The zero-order valence-electron chi connectivity index (χ0n) is 11.2. The average Bonchev–Trinajstić information content (AvgIpc) is 2.93. The Kier molecular flexibility index (Phi) is 4.60. The lowest BCUT2D eigenvalue weighted by molar-refractivity contribution is 0.0119. The van der Waals surface area contributed by atoms with E-state index in [0.717, 1.165) is 17.1 Å². The van der Waals surface area contributed by atoms with Crippen LogP contribution in [-0.2, 0) is 11.3 Å². The molecule has 19 heavy (non-hydrogen) atoms. The van der Waals surface area contributed by atoms with Gasteiger partial charge < -0.3 is 19.6 Å². The second-order valence-electron chi connectivity index (χ2n) is 4.45. The van der Waals surface area contributed by atoms with Crippen LogP contribution in [0.25, 0.3) is 0 Å². The molecule has 2 atom stereocenters. The third kappa shape index (κ3) is 3.59. The molecule has 0 fully saturated rings. The number of hydrogen-bond donors (Lipinski definition) is 1. The van der Waals surface area contributed by atoms with Gasteiger partial charge in [-0.25, -0.2) is 0 Å². The molecule has 4 heteroatoms. The molecule has 2 N–H and O–H groups in total. The first-order valence-electron chi connectivity index (χ1n) is 6.24. The van der Waals surface area contributed by atoms with Crippen LogP contribution in [0.1, 0.15) is 24.4 Å². The molecule has 0 saturated carbocycles. The van der Waals surface area contributed by atoms with E-state index in [2.05, 4.69) is 0 Å². The van der Waals surface area contributed by atoms with E-state index in [1.807, 2.05) is 43.3 Å². The van der Waals surface area contributed by atoms with Crippen molar-refractivity contribution in [1.29, 1.82) is 0 Å². The number of rotatable bonds is 6. The molecule has 2 aromatic rings. The molecule has 1 heterocycles. The van der Waals surface area contributed by atoms with Crippen molar-refractivity contribution in [2.75, 3.05) is 7.11 Å². The van der Waals surface area contributed by atoms with Crippen molar-refractivity contribution >= 4 is 0 Å². The van der Waals surface area contributed by atoms with Gasteiger partial charge in [0.15, 0.2) is 0 Å². The summed E-state index contributed by atoms with van der Waals surface area (Å²) in [6.45, 7) is 2.39. The predicted octanol–water partition coefficient (Wildman–Crippen LogP) is 2.89. The molecule has 2 unspecified atom stereocenters. The first-order chi connectivity index (χ1) is 9.20. The zero-order valence-corrected chi connectivity index (χ0v) is 11.2. The van der Waals surface area contributed by atoms with Crippen LogP contribution in [0.3, 0.4) is 0 Å². The van der Waals surface area contributed by atoms with Gasteiger partial charge in [-0.2, -0.15) is 0 Å². The Morgan fingerprint density at radius 1 is 1.21 bits per heavy atom. The second-order valence-corrected chi connectivity index (χ2v) is 4.45. The molecule has 0 radical (unpaired) electrons. The Labute approximate surface area is 113 Å². The maximum absolute atomic E-state index is 5.93. The van der Waals surface area contributed by atoms with Gasteiger partial charge in [-0.05, 0) is 36.8 Å². The lowest BCUT2D eigenvalue weighted by atomic mass is 10.1. The van der Waals surface area contributed by atoms with E-state index in [1.54, 1.807) is 13.4 Å². The zero-order chi connectivity index (χ0) is 13.7. The summed E-state index contributed by atoms with van der Waals surface area (Å²) < 4.78 is 16.3. The first-order valence-corrected chi connectivity index (χ1v) is 6.24. The van der Waals surface area contributed by atoms with Crippen molar-refractivity contribution in [2.45, 2.75) is 25.7 Å². The smallest absolute Gasteiger partial charge is 0.134 e. The van der Waals surface area contributed by atoms with Crippen LogP contribution in [0.4, 0.5) is 0 Å². The molecule has 102 valence electrons. The molecule has 1 aromatic carbocycles. The number of methoxy groups -OCH3 is 1. The largest absolute Gasteiger partial charge is 0.497 e. The number of benzene rings is 1. The summed E-state index contributed by atoms with van der Waals surface area (Å²) in [5.41, 5.74) is 7.00. The molecule has 0 bridgehead atoms. The normalized spacial score (nSPS) is 14.1. The van der Waals surface area contributed by atoms with E-state index in [-0.39, 0.29) is 12.1 Å². The minimum Gasteiger partial charge on any atom is -0.497 e. The Hall–Kier alpha value is -1.78. The van der Waals surface area contributed by atoms with Gasteiger partial charge in [0.2, 0.25) is 0 Å². The Morgan fingerprint density at radius 2 is 1.95 bits per heavy atom. The number of ether oxygens (including phenoxy) is 2. The van der Waals surface area contributed by atoms with E-state index < -0.39 is 0 Å². The minimum absolute atomic E-state index is 0.135. The molecule has 0 amide bonds. The number of hydrogen-bond acceptors (Lipinski definition) is 4. The molecule has 2 rings (SSSR count). The van der Waals surface area contributed by atoms with Gasteiger partial charge in [-0.3, -0.25) is 0 Å². The molecule has 1 aromatic heterocycles. The second kappa shape index (κ2) is 6.41. The van der Waals surface area contributed by atoms with Crippen LogP contribution in [0.2, 0.25) is 0 Å². The summed E-state index contributed by atoms with van der Waals surface area (Å²) in [4.78, 5) is 0. The van der Waals surface area contributed by atoms with Gasteiger partial charge in [-0.15, -0.1) is 0 Å². The minimum atomic E-state index is -0.239. The summed E-state index contributed by atoms with van der Waals surface area (Å²) in [5, 5.41) is 0. The first kappa shape index (κ1) is 13.6. The highest BCUT2D eigenvalue weighted by molar-refractivity contribution is 5.26. The summed E-state index contributed by atoms with van der Waals surface area (Å²) in [5.74, 6) is 1.59. The van der Waals surface area contributed by atoms with Crippen LogP contribution in [-0.4, -0.2) is 13.2 Å². The average molecular weight is 261 g/mol. The lowest BCUT2D eigenvalue weighted by Crippen LogP contribution is -2.26. The van der Waals surface area contributed by atoms with Crippen LogP contribution >= 0.6 is 0 Å². The van der Waals surface area contributed by atoms with Crippen LogP contribution in [0.15, 0.2) is 47.1 Å². The fourth-order valence-electron chi connectivity index (χ4n) is 1.85. The molecular formula is C15H19NO3. The Balaban J connectivity index is 1.98. The van der Waals surface area contributed by atoms with Crippen molar-refractivity contribution in [2.24, 2.45) is 5.73 Å². The SMILES string of the molecule is COc1ccc(COC(c2ccco2)C(C)N)cc1. The van der Waals surface area contributed by atoms with Gasteiger partial charge in [0.25, 0.3) is 0 Å². The van der Waals surface area contributed by atoms with Crippen molar-refractivity contribution in [1.82, 2.24) is 0 Å². The fourth-order valence-corrected chi connectivity index (χ4v) is 1.85. The highest BCUT2D eigenvalue weighted by Crippen LogP contribution is 2.22. The highest BCUT2D eigenvalue weighted by Gasteiger charge is 2.19. The quantitative estimate of drug-likeness (QED) is 0.868. The maximum Gasteiger partial charge on any atom is 0.134 e. The maximum atomic E-state index is 5.93. The molecule has 0 spiro atoms. The standard InChI is InChI=1S/C15H19NO3/c1-11(16)15(14-4-3-9-18-14)19-10-12-5-7-13(17-2)8-6-12/h3-9,11,15H,10,16H2,1-2H3. The van der Waals surface area contributed by atoms with Gasteiger partial charge in [0.1, 0.15) is 17.6 Å². The predicted molar refractivity (Wildman–Crippen MR) is 72.9 cm³/mol. The Bertz CT molecular complexity index is 477. The molecule has 4 nitrogen and oxygen atoms in total.